The van der Waals surface area contributed by atoms with Crippen molar-refractivity contribution in [2.24, 2.45) is 0 Å². The quantitative estimate of drug-likeness (QED) is 0.520. The fraction of sp³-hybridized carbons (Fsp3) is 0.545. The van der Waals surface area contributed by atoms with Crippen LogP contribution in [0.4, 0.5) is 0 Å². The lowest BCUT2D eigenvalue weighted by Gasteiger charge is -2.27. The Morgan fingerprint density at radius 2 is 1.73 bits per heavy atom. The first-order valence-corrected chi connectivity index (χ1v) is 13.2. The molecule has 0 unspecified atom stereocenters. The van der Waals surface area contributed by atoms with Crippen LogP contribution in [-0.2, 0) is 4.43 Å². The summed E-state index contributed by atoms with van der Waals surface area (Å²) in [4.78, 5) is 0. The minimum absolute atomic E-state index is 0.154. The molecule has 0 bridgehead atoms. The van der Waals surface area contributed by atoms with E-state index in [9.17, 15) is 0 Å². The first-order chi connectivity index (χ1) is 12.2. The molecule has 2 atom stereocenters. The topological polar surface area (TPSA) is 34.4 Å². The zero-order chi connectivity index (χ0) is 19.3. The van der Waals surface area contributed by atoms with Gasteiger partial charge in [0.2, 0.25) is 0 Å². The van der Waals surface area contributed by atoms with Gasteiger partial charge in [0.05, 0.1) is 18.7 Å². The molecular formula is C22H35NO2Si. The molecule has 1 aromatic heterocycles. The molecule has 0 aliphatic heterocycles. The molecule has 26 heavy (non-hydrogen) atoms. The predicted octanol–water partition coefficient (Wildman–Crippen LogP) is 6.34. The SMILES string of the molecule is CC[C@@H](N[C@@H](CO[Si](C)(C)C)c1ccccc1)c1cc(C(C)C)c(C)o1. The highest BCUT2D eigenvalue weighted by atomic mass is 28.4. The van der Waals surface area contributed by atoms with Gasteiger partial charge >= 0.3 is 0 Å². The Morgan fingerprint density at radius 1 is 1.08 bits per heavy atom. The van der Waals surface area contributed by atoms with E-state index in [1.54, 1.807) is 0 Å². The Balaban J connectivity index is 2.22. The average Bonchev–Trinajstić information content (AvgIpc) is 2.97. The number of hydrogen-bond donors (Lipinski definition) is 1. The van der Waals surface area contributed by atoms with Gasteiger partial charge in [-0.1, -0.05) is 51.1 Å². The number of furan rings is 1. The minimum Gasteiger partial charge on any atom is -0.464 e. The second-order valence-corrected chi connectivity index (χ2v) is 12.8. The second-order valence-electron chi connectivity index (χ2n) is 8.33. The first-order valence-electron chi connectivity index (χ1n) is 9.76. The molecule has 0 saturated heterocycles. The van der Waals surface area contributed by atoms with Crippen molar-refractivity contribution in [2.75, 3.05) is 6.61 Å². The van der Waals surface area contributed by atoms with Gasteiger partial charge in [-0.05, 0) is 56.1 Å². The van der Waals surface area contributed by atoms with Crippen LogP contribution in [0.5, 0.6) is 0 Å². The van der Waals surface area contributed by atoms with E-state index in [1.165, 1.54) is 11.1 Å². The summed E-state index contributed by atoms with van der Waals surface area (Å²) in [5.74, 6) is 2.54. The summed E-state index contributed by atoms with van der Waals surface area (Å²) < 4.78 is 12.4. The van der Waals surface area contributed by atoms with Gasteiger partial charge < -0.3 is 8.84 Å². The zero-order valence-corrected chi connectivity index (χ0v) is 18.4. The van der Waals surface area contributed by atoms with Crippen LogP contribution >= 0.6 is 0 Å². The van der Waals surface area contributed by atoms with Gasteiger partial charge in [-0.3, -0.25) is 5.32 Å². The molecule has 0 fully saturated rings. The van der Waals surface area contributed by atoms with Crippen molar-refractivity contribution < 1.29 is 8.84 Å². The highest BCUT2D eigenvalue weighted by Crippen LogP contribution is 2.30. The van der Waals surface area contributed by atoms with E-state index in [2.05, 4.69) is 89.1 Å². The van der Waals surface area contributed by atoms with Crippen LogP contribution in [0.1, 0.15) is 67.8 Å². The fourth-order valence-electron chi connectivity index (χ4n) is 3.17. The van der Waals surface area contributed by atoms with Crippen LogP contribution < -0.4 is 5.32 Å². The van der Waals surface area contributed by atoms with E-state index in [0.29, 0.717) is 12.5 Å². The Hall–Kier alpha value is -1.36. The average molecular weight is 374 g/mol. The van der Waals surface area contributed by atoms with Gasteiger partial charge in [0.25, 0.3) is 0 Å². The number of aryl methyl sites for hydroxylation is 1. The maximum atomic E-state index is 6.24. The van der Waals surface area contributed by atoms with Crippen LogP contribution in [0.25, 0.3) is 0 Å². The molecule has 144 valence electrons. The van der Waals surface area contributed by atoms with Crippen LogP contribution in [0.2, 0.25) is 19.6 Å². The number of benzene rings is 1. The fourth-order valence-corrected chi connectivity index (χ4v) is 3.83. The van der Waals surface area contributed by atoms with Gasteiger partial charge in [-0.15, -0.1) is 0 Å². The van der Waals surface area contributed by atoms with Crippen molar-refractivity contribution in [3.63, 3.8) is 0 Å². The molecule has 2 rings (SSSR count). The largest absolute Gasteiger partial charge is 0.464 e. The highest BCUT2D eigenvalue weighted by Gasteiger charge is 2.24. The van der Waals surface area contributed by atoms with Crippen molar-refractivity contribution in [3.05, 3.63) is 59.0 Å². The van der Waals surface area contributed by atoms with Crippen LogP contribution in [0.3, 0.4) is 0 Å². The van der Waals surface area contributed by atoms with Crippen LogP contribution in [0, 0.1) is 6.92 Å². The minimum atomic E-state index is -1.58. The normalized spacial score (nSPS) is 14.6. The van der Waals surface area contributed by atoms with E-state index < -0.39 is 8.32 Å². The number of rotatable bonds is 9. The predicted molar refractivity (Wildman–Crippen MR) is 112 cm³/mol. The Labute approximate surface area is 160 Å². The maximum absolute atomic E-state index is 6.24. The lowest BCUT2D eigenvalue weighted by Crippen LogP contribution is -2.34. The standard InChI is InChI=1S/C22H35NO2Si/c1-8-20(22-14-19(16(2)3)17(4)25-22)23-21(15-24-26(5,6)7)18-12-10-9-11-13-18/h9-14,16,20-21,23H,8,15H2,1-7H3/t20-,21+/m1/s1. The van der Waals surface area contributed by atoms with E-state index in [0.717, 1.165) is 17.9 Å². The van der Waals surface area contributed by atoms with Gasteiger partial charge in [-0.2, -0.15) is 0 Å². The Morgan fingerprint density at radius 3 is 2.23 bits per heavy atom. The van der Waals surface area contributed by atoms with Gasteiger partial charge in [0.15, 0.2) is 8.32 Å². The number of nitrogens with one attached hydrogen (secondary N) is 1. The smallest absolute Gasteiger partial charge is 0.183 e. The molecule has 4 heteroatoms. The summed E-state index contributed by atoms with van der Waals surface area (Å²) in [7, 11) is -1.58. The van der Waals surface area contributed by atoms with Gasteiger partial charge in [0.1, 0.15) is 11.5 Å². The second kappa shape index (κ2) is 9.02. The molecule has 1 aromatic carbocycles. The van der Waals surface area contributed by atoms with Crippen molar-refractivity contribution in [1.29, 1.82) is 0 Å². The van der Waals surface area contributed by atoms with Crippen LogP contribution in [-0.4, -0.2) is 14.9 Å². The molecule has 1 N–H and O–H groups in total. The van der Waals surface area contributed by atoms with Crippen molar-refractivity contribution in [3.8, 4) is 0 Å². The Bertz CT molecular complexity index is 673. The van der Waals surface area contributed by atoms with Crippen molar-refractivity contribution in [1.82, 2.24) is 5.32 Å². The summed E-state index contributed by atoms with van der Waals surface area (Å²) in [6, 6.07) is 13.1. The third kappa shape index (κ3) is 5.83. The number of hydrogen-bond acceptors (Lipinski definition) is 3. The molecular weight excluding hydrogens is 338 g/mol. The first kappa shape index (κ1) is 20.9. The third-order valence-electron chi connectivity index (χ3n) is 4.64. The summed E-state index contributed by atoms with van der Waals surface area (Å²) in [6.07, 6.45) is 0.973. The van der Waals surface area contributed by atoms with E-state index in [4.69, 9.17) is 8.84 Å². The van der Waals surface area contributed by atoms with Crippen molar-refractivity contribution in [2.45, 2.75) is 71.8 Å². The summed E-state index contributed by atoms with van der Waals surface area (Å²) in [5, 5.41) is 3.79. The molecule has 0 aliphatic rings. The lowest BCUT2D eigenvalue weighted by molar-refractivity contribution is 0.238. The molecule has 0 amide bonds. The van der Waals surface area contributed by atoms with Gasteiger partial charge in [0, 0.05) is 0 Å². The van der Waals surface area contributed by atoms with E-state index in [-0.39, 0.29) is 12.1 Å². The van der Waals surface area contributed by atoms with Gasteiger partial charge in [-0.25, -0.2) is 0 Å². The summed E-state index contributed by atoms with van der Waals surface area (Å²) >= 11 is 0. The van der Waals surface area contributed by atoms with E-state index in [1.807, 2.05) is 0 Å². The lowest BCUT2D eigenvalue weighted by atomic mass is 10.0. The summed E-state index contributed by atoms with van der Waals surface area (Å²) in [5.41, 5.74) is 2.56. The zero-order valence-electron chi connectivity index (χ0n) is 17.4. The third-order valence-corrected chi connectivity index (χ3v) is 5.67. The monoisotopic (exact) mass is 373 g/mol. The molecule has 0 radical (unpaired) electrons. The van der Waals surface area contributed by atoms with Crippen molar-refractivity contribution >= 4 is 8.32 Å². The maximum Gasteiger partial charge on any atom is 0.183 e. The molecule has 0 saturated carbocycles. The Kier molecular flexibility index (Phi) is 7.27. The molecule has 3 nitrogen and oxygen atoms in total. The molecule has 0 aliphatic carbocycles. The van der Waals surface area contributed by atoms with Crippen LogP contribution in [0.15, 0.2) is 40.8 Å². The molecule has 0 spiro atoms. The van der Waals surface area contributed by atoms with E-state index >= 15 is 0 Å². The summed E-state index contributed by atoms with van der Waals surface area (Å²) in [6.45, 7) is 16.1. The molecule has 2 aromatic rings. The highest BCUT2D eigenvalue weighted by molar-refractivity contribution is 6.69. The molecule has 1 heterocycles.